The number of amides is 1. The van der Waals surface area contributed by atoms with E-state index in [0.29, 0.717) is 36.6 Å². The molecule has 0 N–H and O–H groups in total. The number of nitrogens with zero attached hydrogens (tertiary/aromatic N) is 3. The number of likely N-dealkylation sites (tertiary alicyclic amines) is 1. The van der Waals surface area contributed by atoms with E-state index < -0.39 is 0 Å². The zero-order valence-electron chi connectivity index (χ0n) is 15.3. The number of hydrogen-bond donors (Lipinski definition) is 0. The van der Waals surface area contributed by atoms with Gasteiger partial charge in [-0.25, -0.2) is 0 Å². The van der Waals surface area contributed by atoms with Crippen LogP contribution >= 0.6 is 11.8 Å². The molecule has 2 aliphatic heterocycles. The van der Waals surface area contributed by atoms with Gasteiger partial charge in [0.05, 0.1) is 24.5 Å². The summed E-state index contributed by atoms with van der Waals surface area (Å²) in [5.41, 5.74) is 0.731. The summed E-state index contributed by atoms with van der Waals surface area (Å²) in [5, 5.41) is 3.92. The van der Waals surface area contributed by atoms with Crippen molar-refractivity contribution in [1.82, 2.24) is 15.0 Å². The number of hydrogen-bond acceptors (Lipinski definition) is 7. The van der Waals surface area contributed by atoms with Crippen LogP contribution in [0.2, 0.25) is 0 Å². The van der Waals surface area contributed by atoms with Crippen LogP contribution in [0.1, 0.15) is 34.9 Å². The molecule has 144 valence electrons. The molecule has 0 spiro atoms. The Balaban J connectivity index is 1.38. The monoisotopic (exact) mass is 389 g/mol. The molecule has 0 atom stereocenters. The second-order valence-electron chi connectivity index (χ2n) is 6.75. The third kappa shape index (κ3) is 4.34. The average Bonchev–Trinajstić information content (AvgIpc) is 3.38. The minimum atomic E-state index is -0.0940. The maximum atomic E-state index is 13.1. The summed E-state index contributed by atoms with van der Waals surface area (Å²) in [5.74, 6) is 2.21. The van der Waals surface area contributed by atoms with Gasteiger partial charge < -0.3 is 18.9 Å². The van der Waals surface area contributed by atoms with Crippen LogP contribution < -0.4 is 0 Å². The van der Waals surface area contributed by atoms with E-state index in [0.717, 1.165) is 36.4 Å². The molecular formula is C19H23N3O4S. The van der Waals surface area contributed by atoms with Crippen LogP contribution in [0.5, 0.6) is 0 Å². The fourth-order valence-electron chi connectivity index (χ4n) is 3.51. The molecule has 0 bridgehead atoms. The summed E-state index contributed by atoms with van der Waals surface area (Å²) in [6, 6.07) is 7.71. The second kappa shape index (κ2) is 8.41. The van der Waals surface area contributed by atoms with E-state index in [9.17, 15) is 4.79 Å². The summed E-state index contributed by atoms with van der Waals surface area (Å²) < 4.78 is 16.2. The smallest absolute Gasteiger partial charge is 0.254 e. The van der Waals surface area contributed by atoms with Gasteiger partial charge in [0.2, 0.25) is 5.89 Å². The van der Waals surface area contributed by atoms with Crippen LogP contribution in [0, 0.1) is 12.8 Å². The molecule has 1 aromatic heterocycles. The summed E-state index contributed by atoms with van der Waals surface area (Å²) in [6.45, 7) is 4.58. The lowest BCUT2D eigenvalue weighted by Gasteiger charge is -2.34. The van der Waals surface area contributed by atoms with Gasteiger partial charge in [-0.05, 0) is 25.0 Å². The minimum Gasteiger partial charge on any atom is -0.350 e. The van der Waals surface area contributed by atoms with Crippen molar-refractivity contribution in [2.75, 3.05) is 26.3 Å². The SMILES string of the molecule is Cc1nc(CSc2ccccc2C(=O)N2CCC(C3OCCO3)CC2)no1. The maximum Gasteiger partial charge on any atom is 0.254 e. The molecular weight excluding hydrogens is 366 g/mol. The van der Waals surface area contributed by atoms with E-state index in [2.05, 4.69) is 10.1 Å². The number of carbonyl (C=O) groups excluding carboxylic acids is 1. The first kappa shape index (κ1) is 18.5. The molecule has 3 heterocycles. The van der Waals surface area contributed by atoms with Crippen molar-refractivity contribution in [3.05, 3.63) is 41.5 Å². The molecule has 0 radical (unpaired) electrons. The summed E-state index contributed by atoms with van der Waals surface area (Å²) >= 11 is 1.55. The Morgan fingerprint density at radius 3 is 2.67 bits per heavy atom. The van der Waals surface area contributed by atoms with Crippen LogP contribution in [0.15, 0.2) is 33.7 Å². The van der Waals surface area contributed by atoms with Crippen molar-refractivity contribution < 1.29 is 18.8 Å². The highest BCUT2D eigenvalue weighted by molar-refractivity contribution is 7.98. The van der Waals surface area contributed by atoms with Gasteiger partial charge in [0.15, 0.2) is 12.1 Å². The highest BCUT2D eigenvalue weighted by Crippen LogP contribution is 2.30. The third-order valence-corrected chi connectivity index (χ3v) is 5.97. The number of benzene rings is 1. The number of carbonyl (C=O) groups is 1. The van der Waals surface area contributed by atoms with Gasteiger partial charge in [0.1, 0.15) is 0 Å². The van der Waals surface area contributed by atoms with Crippen LogP contribution in [-0.4, -0.2) is 53.5 Å². The standard InChI is InChI=1S/C19H23N3O4S/c1-13-20-17(21-26-13)12-27-16-5-3-2-4-15(16)18(23)22-8-6-14(7-9-22)19-24-10-11-25-19/h2-5,14,19H,6-12H2,1H3. The number of aromatic nitrogens is 2. The number of aryl methyl sites for hydroxylation is 1. The molecule has 7 nitrogen and oxygen atoms in total. The third-order valence-electron chi connectivity index (χ3n) is 4.90. The zero-order valence-corrected chi connectivity index (χ0v) is 16.1. The van der Waals surface area contributed by atoms with Crippen molar-refractivity contribution in [2.45, 2.75) is 36.7 Å². The lowest BCUT2D eigenvalue weighted by Crippen LogP contribution is -2.41. The first-order chi connectivity index (χ1) is 13.2. The largest absolute Gasteiger partial charge is 0.350 e. The summed E-state index contributed by atoms with van der Waals surface area (Å²) in [4.78, 5) is 20.2. The second-order valence-corrected chi connectivity index (χ2v) is 7.77. The molecule has 2 fully saturated rings. The number of thioether (sulfide) groups is 1. The Hall–Kier alpha value is -1.90. The highest BCUT2D eigenvalue weighted by atomic mass is 32.2. The van der Waals surface area contributed by atoms with Crippen LogP contribution in [0.4, 0.5) is 0 Å². The zero-order chi connectivity index (χ0) is 18.6. The Morgan fingerprint density at radius 1 is 1.22 bits per heavy atom. The van der Waals surface area contributed by atoms with Gasteiger partial charge in [0, 0.05) is 30.8 Å². The maximum absolute atomic E-state index is 13.1. The molecule has 0 aliphatic carbocycles. The lowest BCUT2D eigenvalue weighted by molar-refractivity contribution is -0.0956. The van der Waals surface area contributed by atoms with Crippen molar-refractivity contribution >= 4 is 17.7 Å². The molecule has 1 aromatic carbocycles. The Morgan fingerprint density at radius 2 is 1.96 bits per heavy atom. The summed E-state index contributed by atoms with van der Waals surface area (Å²) in [6.07, 6.45) is 1.73. The van der Waals surface area contributed by atoms with E-state index in [-0.39, 0.29) is 12.2 Å². The van der Waals surface area contributed by atoms with Gasteiger partial charge in [0.25, 0.3) is 5.91 Å². The predicted molar refractivity (Wildman–Crippen MR) is 99.4 cm³/mol. The fourth-order valence-corrected chi connectivity index (χ4v) is 4.39. The van der Waals surface area contributed by atoms with E-state index in [1.165, 1.54) is 0 Å². The van der Waals surface area contributed by atoms with E-state index in [4.69, 9.17) is 14.0 Å². The molecule has 2 aromatic rings. The van der Waals surface area contributed by atoms with Crippen molar-refractivity contribution in [1.29, 1.82) is 0 Å². The van der Waals surface area contributed by atoms with Gasteiger partial charge >= 0.3 is 0 Å². The molecule has 2 aliphatic rings. The first-order valence-corrected chi connectivity index (χ1v) is 10.2. The molecule has 1 amide bonds. The van der Waals surface area contributed by atoms with E-state index >= 15 is 0 Å². The quantitative estimate of drug-likeness (QED) is 0.728. The van der Waals surface area contributed by atoms with E-state index in [1.807, 2.05) is 29.2 Å². The number of ether oxygens (including phenoxy) is 2. The Labute approximate surface area is 162 Å². The van der Waals surface area contributed by atoms with Gasteiger partial charge in [-0.2, -0.15) is 4.98 Å². The van der Waals surface area contributed by atoms with Crippen LogP contribution in [0.25, 0.3) is 0 Å². The molecule has 0 unspecified atom stereocenters. The lowest BCUT2D eigenvalue weighted by atomic mass is 9.95. The number of piperidine rings is 1. The molecule has 0 saturated carbocycles. The van der Waals surface area contributed by atoms with Crippen molar-refractivity contribution in [2.24, 2.45) is 5.92 Å². The Bertz CT molecular complexity index is 783. The predicted octanol–water partition coefficient (Wildman–Crippen LogP) is 2.90. The normalized spacial score (nSPS) is 18.9. The van der Waals surface area contributed by atoms with Crippen LogP contribution in [0.3, 0.4) is 0 Å². The van der Waals surface area contributed by atoms with Crippen molar-refractivity contribution in [3.8, 4) is 0 Å². The van der Waals surface area contributed by atoms with Gasteiger partial charge in [-0.3, -0.25) is 4.79 Å². The highest BCUT2D eigenvalue weighted by Gasteiger charge is 2.32. The summed E-state index contributed by atoms with van der Waals surface area (Å²) in [7, 11) is 0. The van der Waals surface area contributed by atoms with Crippen LogP contribution in [-0.2, 0) is 15.2 Å². The first-order valence-electron chi connectivity index (χ1n) is 9.24. The molecule has 27 heavy (non-hydrogen) atoms. The van der Waals surface area contributed by atoms with Gasteiger partial charge in [-0.1, -0.05) is 17.3 Å². The minimum absolute atomic E-state index is 0.0779. The molecule has 8 heteroatoms. The van der Waals surface area contributed by atoms with E-state index in [1.54, 1.807) is 18.7 Å². The van der Waals surface area contributed by atoms with Gasteiger partial charge in [-0.15, -0.1) is 11.8 Å². The molecule has 2 saturated heterocycles. The van der Waals surface area contributed by atoms with Crippen molar-refractivity contribution in [3.63, 3.8) is 0 Å². The fraction of sp³-hybridized carbons (Fsp3) is 0.526. The topological polar surface area (TPSA) is 77.7 Å². The molecule has 4 rings (SSSR count). The number of rotatable bonds is 5. The average molecular weight is 389 g/mol. The Kier molecular flexibility index (Phi) is 5.75.